The smallest absolute Gasteiger partial charge is 0.191 e. The maximum atomic E-state index is 4.67. The van der Waals surface area contributed by atoms with E-state index in [-0.39, 0.29) is 0 Å². The Hall–Kier alpha value is -0.770. The number of nitrogens with zero attached hydrogens (tertiary/aromatic N) is 2. The molecule has 1 saturated heterocycles. The van der Waals surface area contributed by atoms with Crippen LogP contribution in [-0.2, 0) is 0 Å². The predicted molar refractivity (Wildman–Crippen MR) is 93.0 cm³/mol. The number of rotatable bonds is 9. The molecule has 21 heavy (non-hydrogen) atoms. The molecule has 0 aromatic carbocycles. The normalized spacial score (nSPS) is 18.5. The first kappa shape index (κ1) is 18.3. The van der Waals surface area contributed by atoms with Crippen molar-refractivity contribution in [2.75, 3.05) is 32.7 Å². The third kappa shape index (κ3) is 8.97. The van der Waals surface area contributed by atoms with Gasteiger partial charge in [-0.2, -0.15) is 0 Å². The Labute approximate surface area is 131 Å². The molecule has 1 aliphatic heterocycles. The average molecular weight is 297 g/mol. The molecule has 1 heterocycles. The molecule has 2 N–H and O–H groups in total. The Balaban J connectivity index is 2.09. The average Bonchev–Trinajstić information content (AvgIpc) is 2.51. The lowest BCUT2D eigenvalue weighted by Crippen LogP contribution is -2.42. The van der Waals surface area contributed by atoms with Crippen molar-refractivity contribution >= 4 is 5.96 Å². The lowest BCUT2D eigenvalue weighted by atomic mass is 10.1. The van der Waals surface area contributed by atoms with Crippen LogP contribution in [0.4, 0.5) is 0 Å². The molecule has 0 bridgehead atoms. The molecule has 1 unspecified atom stereocenters. The maximum absolute atomic E-state index is 4.67. The molecule has 0 aromatic heterocycles. The van der Waals surface area contributed by atoms with Crippen molar-refractivity contribution in [1.29, 1.82) is 0 Å². The summed E-state index contributed by atoms with van der Waals surface area (Å²) in [6, 6.07) is 0.488. The monoisotopic (exact) mass is 296 g/mol. The molecule has 0 aliphatic carbocycles. The molecule has 1 rings (SSSR count). The number of piperidine rings is 1. The number of guanidine groups is 1. The molecule has 0 amide bonds. The summed E-state index contributed by atoms with van der Waals surface area (Å²) in [5, 5.41) is 6.76. The van der Waals surface area contributed by atoms with E-state index < -0.39 is 0 Å². The van der Waals surface area contributed by atoms with E-state index in [0.29, 0.717) is 6.04 Å². The van der Waals surface area contributed by atoms with Gasteiger partial charge in [-0.3, -0.25) is 4.99 Å². The van der Waals surface area contributed by atoms with E-state index in [2.05, 4.69) is 41.3 Å². The van der Waals surface area contributed by atoms with Gasteiger partial charge in [0.25, 0.3) is 0 Å². The van der Waals surface area contributed by atoms with Crippen LogP contribution < -0.4 is 10.6 Å². The molecule has 0 saturated carbocycles. The van der Waals surface area contributed by atoms with Crippen molar-refractivity contribution in [3.63, 3.8) is 0 Å². The number of hydrogen-bond acceptors (Lipinski definition) is 2. The van der Waals surface area contributed by atoms with Crippen molar-refractivity contribution in [3.8, 4) is 0 Å². The molecule has 0 aromatic rings. The van der Waals surface area contributed by atoms with Crippen LogP contribution in [0.15, 0.2) is 4.99 Å². The van der Waals surface area contributed by atoms with Crippen LogP contribution in [0.1, 0.15) is 65.7 Å². The van der Waals surface area contributed by atoms with Crippen molar-refractivity contribution in [2.24, 2.45) is 4.99 Å². The number of hydrogen-bond donors (Lipinski definition) is 2. The van der Waals surface area contributed by atoms with Gasteiger partial charge in [-0.15, -0.1) is 0 Å². The van der Waals surface area contributed by atoms with Crippen molar-refractivity contribution in [2.45, 2.75) is 71.8 Å². The summed E-state index contributed by atoms with van der Waals surface area (Å²) in [5.41, 5.74) is 0. The fraction of sp³-hybridized carbons (Fsp3) is 0.941. The molecule has 1 atom stereocenters. The second kappa shape index (κ2) is 11.8. The lowest BCUT2D eigenvalue weighted by Gasteiger charge is -2.26. The van der Waals surface area contributed by atoms with Crippen LogP contribution >= 0.6 is 0 Å². The van der Waals surface area contributed by atoms with Crippen LogP contribution in [0.3, 0.4) is 0 Å². The van der Waals surface area contributed by atoms with Crippen LogP contribution in [0, 0.1) is 0 Å². The molecule has 1 aliphatic rings. The van der Waals surface area contributed by atoms with Crippen LogP contribution in [0.25, 0.3) is 0 Å². The highest BCUT2D eigenvalue weighted by Crippen LogP contribution is 2.09. The minimum atomic E-state index is 0.488. The highest BCUT2D eigenvalue weighted by Gasteiger charge is 2.08. The molecule has 0 spiro atoms. The Bertz CT molecular complexity index is 272. The standard InChI is InChI=1S/C17H36N4/c1-4-16(3)20-17(18-5-2)19-12-8-6-9-13-21-14-10-7-11-15-21/h16H,4-15H2,1-3H3,(H2,18,19,20). The predicted octanol–water partition coefficient (Wildman–Crippen LogP) is 3.00. The first-order chi connectivity index (χ1) is 10.3. The zero-order valence-corrected chi connectivity index (χ0v) is 14.5. The maximum Gasteiger partial charge on any atom is 0.191 e. The zero-order chi connectivity index (χ0) is 15.3. The quantitative estimate of drug-likeness (QED) is 0.390. The van der Waals surface area contributed by atoms with E-state index in [1.165, 1.54) is 58.2 Å². The van der Waals surface area contributed by atoms with E-state index in [9.17, 15) is 0 Å². The summed E-state index contributed by atoms with van der Waals surface area (Å²) in [6.45, 7) is 12.3. The fourth-order valence-corrected chi connectivity index (χ4v) is 2.65. The highest BCUT2D eigenvalue weighted by atomic mass is 15.2. The first-order valence-electron chi connectivity index (χ1n) is 9.03. The van der Waals surface area contributed by atoms with E-state index >= 15 is 0 Å². The van der Waals surface area contributed by atoms with E-state index in [4.69, 9.17) is 0 Å². The summed E-state index contributed by atoms with van der Waals surface area (Å²) in [7, 11) is 0. The van der Waals surface area contributed by atoms with Crippen molar-refractivity contribution in [1.82, 2.24) is 15.5 Å². The number of unbranched alkanes of at least 4 members (excludes halogenated alkanes) is 2. The molecular weight excluding hydrogens is 260 g/mol. The number of aliphatic imine (C=N–C) groups is 1. The first-order valence-corrected chi connectivity index (χ1v) is 9.03. The van der Waals surface area contributed by atoms with Gasteiger partial charge in [0, 0.05) is 19.1 Å². The van der Waals surface area contributed by atoms with Gasteiger partial charge >= 0.3 is 0 Å². The van der Waals surface area contributed by atoms with Gasteiger partial charge in [-0.25, -0.2) is 0 Å². The van der Waals surface area contributed by atoms with Crippen LogP contribution in [0.2, 0.25) is 0 Å². The molecular formula is C17H36N4. The summed E-state index contributed by atoms with van der Waals surface area (Å²) in [5.74, 6) is 0.975. The minimum Gasteiger partial charge on any atom is -0.357 e. The topological polar surface area (TPSA) is 39.7 Å². The van der Waals surface area contributed by atoms with Gasteiger partial charge in [0.15, 0.2) is 5.96 Å². The molecule has 1 fully saturated rings. The Morgan fingerprint density at radius 3 is 2.52 bits per heavy atom. The van der Waals surface area contributed by atoms with E-state index in [0.717, 1.165) is 25.5 Å². The number of nitrogens with one attached hydrogen (secondary N) is 2. The van der Waals surface area contributed by atoms with Crippen molar-refractivity contribution < 1.29 is 0 Å². The summed E-state index contributed by atoms with van der Waals surface area (Å²) in [6.07, 6.45) is 9.18. The van der Waals surface area contributed by atoms with Gasteiger partial charge < -0.3 is 15.5 Å². The third-order valence-electron chi connectivity index (χ3n) is 4.19. The van der Waals surface area contributed by atoms with Crippen LogP contribution in [0.5, 0.6) is 0 Å². The Morgan fingerprint density at radius 2 is 1.86 bits per heavy atom. The van der Waals surface area contributed by atoms with Crippen LogP contribution in [-0.4, -0.2) is 49.6 Å². The summed E-state index contributed by atoms with van der Waals surface area (Å²) in [4.78, 5) is 7.29. The fourth-order valence-electron chi connectivity index (χ4n) is 2.65. The third-order valence-corrected chi connectivity index (χ3v) is 4.19. The summed E-state index contributed by atoms with van der Waals surface area (Å²) >= 11 is 0. The Kier molecular flexibility index (Phi) is 10.3. The molecule has 0 radical (unpaired) electrons. The lowest BCUT2D eigenvalue weighted by molar-refractivity contribution is 0.224. The second-order valence-electron chi connectivity index (χ2n) is 6.18. The van der Waals surface area contributed by atoms with Gasteiger partial charge in [-0.1, -0.05) is 19.8 Å². The van der Waals surface area contributed by atoms with E-state index in [1.807, 2.05) is 0 Å². The van der Waals surface area contributed by atoms with Gasteiger partial charge in [0.1, 0.15) is 0 Å². The summed E-state index contributed by atoms with van der Waals surface area (Å²) < 4.78 is 0. The second-order valence-corrected chi connectivity index (χ2v) is 6.18. The SMILES string of the molecule is CCNC(=NCCCCCN1CCCCC1)NC(C)CC. The Morgan fingerprint density at radius 1 is 1.10 bits per heavy atom. The number of likely N-dealkylation sites (tertiary alicyclic amines) is 1. The van der Waals surface area contributed by atoms with Gasteiger partial charge in [-0.05, 0) is 65.6 Å². The zero-order valence-electron chi connectivity index (χ0n) is 14.5. The molecule has 4 heteroatoms. The van der Waals surface area contributed by atoms with E-state index in [1.54, 1.807) is 0 Å². The highest BCUT2D eigenvalue weighted by molar-refractivity contribution is 5.79. The van der Waals surface area contributed by atoms with Gasteiger partial charge in [0.05, 0.1) is 0 Å². The largest absolute Gasteiger partial charge is 0.357 e. The molecule has 124 valence electrons. The molecule has 4 nitrogen and oxygen atoms in total. The van der Waals surface area contributed by atoms with Gasteiger partial charge in [0.2, 0.25) is 0 Å². The minimum absolute atomic E-state index is 0.488. The van der Waals surface area contributed by atoms with Crippen molar-refractivity contribution in [3.05, 3.63) is 0 Å².